The molecule has 10 heavy (non-hydrogen) atoms. The van der Waals surface area contributed by atoms with Crippen LogP contribution in [0.3, 0.4) is 0 Å². The summed E-state index contributed by atoms with van der Waals surface area (Å²) in [5.41, 5.74) is -0.363. The highest BCUT2D eigenvalue weighted by atomic mass is 16.4. The van der Waals surface area contributed by atoms with Crippen molar-refractivity contribution in [3.05, 3.63) is 0 Å². The predicted molar refractivity (Wildman–Crippen MR) is 33.3 cm³/mol. The van der Waals surface area contributed by atoms with Gasteiger partial charge in [0.05, 0.1) is 11.5 Å². The van der Waals surface area contributed by atoms with Gasteiger partial charge in [-0.3, -0.25) is 0 Å². The summed E-state index contributed by atoms with van der Waals surface area (Å²) in [7, 11) is 0. The topological polar surface area (TPSA) is 73.1 Å². The molecule has 1 aliphatic carbocycles. The normalized spacial score (nSPS) is 19.1. The van der Waals surface area contributed by atoms with Crippen molar-refractivity contribution in [2.45, 2.75) is 12.8 Å². The van der Waals surface area contributed by atoms with Gasteiger partial charge in [-0.25, -0.2) is 4.79 Å². The highest BCUT2D eigenvalue weighted by Crippen LogP contribution is 2.43. The Labute approximate surface area is 58.5 Å². The van der Waals surface area contributed by atoms with E-state index in [9.17, 15) is 4.79 Å². The summed E-state index contributed by atoms with van der Waals surface area (Å²) in [6.07, 6.45) is 0.592. The minimum absolute atomic E-state index is 0.277. The van der Waals surface area contributed by atoms with Crippen LogP contribution < -0.4 is 5.32 Å². The Morgan fingerprint density at radius 1 is 1.80 bits per heavy atom. The van der Waals surface area contributed by atoms with Gasteiger partial charge in [-0.15, -0.1) is 0 Å². The number of nitrogens with one attached hydrogen (secondary N) is 1. The quantitative estimate of drug-likeness (QED) is 0.588. The van der Waals surface area contributed by atoms with Crippen LogP contribution in [0.2, 0.25) is 0 Å². The molecule has 0 unspecified atom stereocenters. The largest absolute Gasteiger partial charge is 0.465 e. The average molecular weight is 140 g/mol. The zero-order valence-corrected chi connectivity index (χ0v) is 5.42. The molecule has 0 aromatic carbocycles. The summed E-state index contributed by atoms with van der Waals surface area (Å²) in [6, 6.07) is 2.08. The third-order valence-electron chi connectivity index (χ3n) is 1.67. The van der Waals surface area contributed by atoms with Crippen LogP contribution in [0.1, 0.15) is 12.8 Å². The second-order valence-electron chi connectivity index (χ2n) is 2.55. The molecule has 0 saturated heterocycles. The van der Waals surface area contributed by atoms with Gasteiger partial charge < -0.3 is 10.4 Å². The van der Waals surface area contributed by atoms with Crippen LogP contribution in [-0.4, -0.2) is 17.7 Å². The standard InChI is InChI=1S/C6H8N2O2/c7-3-6(1-2-6)4-8-5(9)10/h8H,1-2,4H2,(H,9,10). The Balaban J connectivity index is 2.27. The van der Waals surface area contributed by atoms with E-state index < -0.39 is 6.09 Å². The van der Waals surface area contributed by atoms with Gasteiger partial charge in [0, 0.05) is 6.54 Å². The molecule has 1 fully saturated rings. The van der Waals surface area contributed by atoms with Crippen LogP contribution in [0, 0.1) is 16.7 Å². The van der Waals surface area contributed by atoms with E-state index in [0.29, 0.717) is 0 Å². The van der Waals surface area contributed by atoms with Crippen molar-refractivity contribution >= 4 is 6.09 Å². The number of hydrogen-bond acceptors (Lipinski definition) is 2. The summed E-state index contributed by atoms with van der Waals surface area (Å²) >= 11 is 0. The fourth-order valence-electron chi connectivity index (χ4n) is 0.724. The molecule has 4 nitrogen and oxygen atoms in total. The third-order valence-corrected chi connectivity index (χ3v) is 1.67. The SMILES string of the molecule is N#CC1(CNC(=O)O)CC1. The van der Waals surface area contributed by atoms with Crippen LogP contribution in [0.15, 0.2) is 0 Å². The lowest BCUT2D eigenvalue weighted by Crippen LogP contribution is -2.27. The van der Waals surface area contributed by atoms with E-state index in [-0.39, 0.29) is 12.0 Å². The van der Waals surface area contributed by atoms with Crippen molar-refractivity contribution in [2.24, 2.45) is 5.41 Å². The van der Waals surface area contributed by atoms with Crippen LogP contribution in [0.25, 0.3) is 0 Å². The first-order chi connectivity index (χ1) is 4.68. The van der Waals surface area contributed by atoms with E-state index in [2.05, 4.69) is 11.4 Å². The molecule has 0 spiro atoms. The maximum Gasteiger partial charge on any atom is 0.404 e. The van der Waals surface area contributed by atoms with Crippen LogP contribution in [0.4, 0.5) is 4.79 Å². The molecule has 0 heterocycles. The van der Waals surface area contributed by atoms with E-state index in [1.165, 1.54) is 0 Å². The summed E-state index contributed by atoms with van der Waals surface area (Å²) in [4.78, 5) is 9.97. The zero-order chi connectivity index (χ0) is 7.61. The average Bonchev–Trinajstić information content (AvgIpc) is 2.64. The number of hydrogen-bond donors (Lipinski definition) is 2. The molecule has 0 aromatic rings. The molecular weight excluding hydrogens is 132 g/mol. The zero-order valence-electron chi connectivity index (χ0n) is 5.42. The monoisotopic (exact) mass is 140 g/mol. The minimum Gasteiger partial charge on any atom is -0.465 e. The molecule has 54 valence electrons. The number of rotatable bonds is 2. The molecular formula is C6H8N2O2. The lowest BCUT2D eigenvalue weighted by Gasteiger charge is -2.02. The van der Waals surface area contributed by atoms with Crippen molar-refractivity contribution in [1.29, 1.82) is 5.26 Å². The Hall–Kier alpha value is -1.24. The van der Waals surface area contributed by atoms with Crippen LogP contribution in [0.5, 0.6) is 0 Å². The fraction of sp³-hybridized carbons (Fsp3) is 0.667. The highest BCUT2D eigenvalue weighted by Gasteiger charge is 2.43. The number of amides is 1. The maximum absolute atomic E-state index is 9.97. The van der Waals surface area contributed by atoms with E-state index >= 15 is 0 Å². The number of carboxylic acid groups (broad SMARTS) is 1. The predicted octanol–water partition coefficient (Wildman–Crippen LogP) is 0.558. The number of nitriles is 1. The van der Waals surface area contributed by atoms with E-state index in [4.69, 9.17) is 10.4 Å². The second kappa shape index (κ2) is 2.18. The molecule has 4 heteroatoms. The summed E-state index contributed by atoms with van der Waals surface area (Å²) in [6.45, 7) is 0.277. The fourth-order valence-corrected chi connectivity index (χ4v) is 0.724. The Morgan fingerprint density at radius 2 is 2.40 bits per heavy atom. The van der Waals surface area contributed by atoms with E-state index in [0.717, 1.165) is 12.8 Å². The summed E-state index contributed by atoms with van der Waals surface area (Å²) in [5.74, 6) is 0. The molecule has 1 rings (SSSR count). The molecule has 2 N–H and O–H groups in total. The van der Waals surface area contributed by atoms with Crippen molar-refractivity contribution < 1.29 is 9.90 Å². The third kappa shape index (κ3) is 1.38. The molecule has 0 bridgehead atoms. The van der Waals surface area contributed by atoms with Gasteiger partial charge in [-0.1, -0.05) is 0 Å². The first kappa shape index (κ1) is 6.87. The van der Waals surface area contributed by atoms with E-state index in [1.807, 2.05) is 0 Å². The maximum atomic E-state index is 9.97. The minimum atomic E-state index is -1.05. The van der Waals surface area contributed by atoms with Gasteiger partial charge in [0.2, 0.25) is 0 Å². The first-order valence-electron chi connectivity index (χ1n) is 3.07. The molecule has 0 atom stereocenters. The molecule has 0 radical (unpaired) electrons. The van der Waals surface area contributed by atoms with Crippen molar-refractivity contribution in [3.63, 3.8) is 0 Å². The lowest BCUT2D eigenvalue weighted by atomic mass is 10.1. The van der Waals surface area contributed by atoms with Crippen molar-refractivity contribution in [2.75, 3.05) is 6.54 Å². The van der Waals surface area contributed by atoms with Crippen molar-refractivity contribution in [3.8, 4) is 6.07 Å². The molecule has 1 saturated carbocycles. The van der Waals surface area contributed by atoms with Crippen LogP contribution >= 0.6 is 0 Å². The molecule has 1 amide bonds. The Bertz CT molecular complexity index is 190. The van der Waals surface area contributed by atoms with E-state index in [1.54, 1.807) is 0 Å². The van der Waals surface area contributed by atoms with Crippen LogP contribution in [-0.2, 0) is 0 Å². The lowest BCUT2D eigenvalue weighted by molar-refractivity contribution is 0.193. The molecule has 0 aliphatic heterocycles. The van der Waals surface area contributed by atoms with Crippen molar-refractivity contribution in [1.82, 2.24) is 5.32 Å². The Kier molecular flexibility index (Phi) is 1.50. The summed E-state index contributed by atoms with van der Waals surface area (Å²) < 4.78 is 0. The highest BCUT2D eigenvalue weighted by molar-refractivity contribution is 5.64. The van der Waals surface area contributed by atoms with Gasteiger partial charge in [-0.05, 0) is 12.8 Å². The second-order valence-corrected chi connectivity index (χ2v) is 2.55. The Morgan fingerprint density at radius 3 is 2.70 bits per heavy atom. The summed E-state index contributed by atoms with van der Waals surface area (Å²) in [5, 5.41) is 18.9. The molecule has 1 aliphatic rings. The first-order valence-corrected chi connectivity index (χ1v) is 3.07. The van der Waals surface area contributed by atoms with Gasteiger partial charge in [0.15, 0.2) is 0 Å². The number of nitrogens with zero attached hydrogens (tertiary/aromatic N) is 1. The van der Waals surface area contributed by atoms with Gasteiger partial charge in [0.25, 0.3) is 0 Å². The van der Waals surface area contributed by atoms with Gasteiger partial charge >= 0.3 is 6.09 Å². The smallest absolute Gasteiger partial charge is 0.404 e. The van der Waals surface area contributed by atoms with Gasteiger partial charge in [-0.2, -0.15) is 5.26 Å². The van der Waals surface area contributed by atoms with Gasteiger partial charge in [0.1, 0.15) is 0 Å². The molecule has 0 aromatic heterocycles. The number of carbonyl (C=O) groups is 1.